The van der Waals surface area contributed by atoms with Gasteiger partial charge in [0.1, 0.15) is 4.88 Å². The Morgan fingerprint density at radius 2 is 2.00 bits per heavy atom. The van der Waals surface area contributed by atoms with Gasteiger partial charge in [0.15, 0.2) is 5.69 Å². The molecule has 8 heteroatoms. The van der Waals surface area contributed by atoms with E-state index in [1.54, 1.807) is 6.07 Å². The maximum atomic E-state index is 12.6. The molecule has 0 bridgehead atoms. The summed E-state index contributed by atoms with van der Waals surface area (Å²) in [6.45, 7) is 2.41. The number of carbonyl (C=O) groups excluding carboxylic acids is 2. The molecule has 1 fully saturated rings. The molecule has 1 aliphatic carbocycles. The quantitative estimate of drug-likeness (QED) is 0.706. The van der Waals surface area contributed by atoms with Gasteiger partial charge in [-0.25, -0.2) is 0 Å². The largest absolute Gasteiger partial charge is 0.395 e. The molecule has 1 aromatic carbocycles. The van der Waals surface area contributed by atoms with E-state index in [4.69, 9.17) is 17.3 Å². The van der Waals surface area contributed by atoms with E-state index in [1.807, 2.05) is 18.2 Å². The van der Waals surface area contributed by atoms with Crippen molar-refractivity contribution in [2.45, 2.75) is 45.2 Å². The molecule has 2 atom stereocenters. The van der Waals surface area contributed by atoms with Gasteiger partial charge in [0.2, 0.25) is 0 Å². The zero-order valence-corrected chi connectivity index (χ0v) is 16.7. The van der Waals surface area contributed by atoms with Gasteiger partial charge >= 0.3 is 0 Å². The molecule has 144 valence electrons. The number of hydrogen-bond donors (Lipinski definition) is 3. The number of carbonyl (C=O) groups is 2. The number of nitrogens with two attached hydrogens (primary N) is 1. The number of amides is 2. The van der Waals surface area contributed by atoms with Crippen LogP contribution in [0.1, 0.15) is 58.3 Å². The van der Waals surface area contributed by atoms with Crippen molar-refractivity contribution in [2.75, 3.05) is 5.73 Å². The number of rotatable bonds is 5. The highest BCUT2D eigenvalue weighted by molar-refractivity contribution is 7.09. The number of hydrogen-bond acceptors (Lipinski definition) is 5. The highest BCUT2D eigenvalue weighted by Gasteiger charge is 2.27. The number of nitrogen functional groups attached to an aromatic ring is 1. The third-order valence-corrected chi connectivity index (χ3v) is 6.20. The van der Waals surface area contributed by atoms with Gasteiger partial charge in [-0.3, -0.25) is 9.59 Å². The Kier molecular flexibility index (Phi) is 6.34. The van der Waals surface area contributed by atoms with E-state index in [0.717, 1.165) is 36.4 Å². The molecule has 0 radical (unpaired) electrons. The van der Waals surface area contributed by atoms with Crippen LogP contribution < -0.4 is 16.4 Å². The third-order valence-electron chi connectivity index (χ3n) is 4.97. The monoisotopic (exact) mass is 406 g/mol. The average Bonchev–Trinajstić information content (AvgIpc) is 3.04. The molecule has 0 saturated heterocycles. The molecule has 4 N–H and O–H groups in total. The van der Waals surface area contributed by atoms with Crippen molar-refractivity contribution in [1.29, 1.82) is 0 Å². The van der Waals surface area contributed by atoms with Crippen LogP contribution in [-0.2, 0) is 6.54 Å². The third kappa shape index (κ3) is 4.59. The molecule has 2 amide bonds. The minimum Gasteiger partial charge on any atom is -0.395 e. The van der Waals surface area contributed by atoms with Crippen LogP contribution in [-0.4, -0.2) is 22.2 Å². The first-order valence-electron chi connectivity index (χ1n) is 9.05. The fourth-order valence-corrected chi connectivity index (χ4v) is 4.19. The number of aromatic nitrogens is 1. The SMILES string of the molecule is C[C@@H]1CCCC[C@@H]1NC(=O)c1snc(C(=O)NCc2ccccc2Cl)c1N. The molecule has 1 aromatic heterocycles. The van der Waals surface area contributed by atoms with Gasteiger partial charge in [-0.05, 0) is 41.9 Å². The Labute approximate surface area is 167 Å². The molecule has 0 spiro atoms. The first-order valence-corrected chi connectivity index (χ1v) is 10.2. The van der Waals surface area contributed by atoms with E-state index in [2.05, 4.69) is 21.9 Å². The second kappa shape index (κ2) is 8.71. The first kappa shape index (κ1) is 19.6. The summed E-state index contributed by atoms with van der Waals surface area (Å²) in [6, 6.07) is 7.40. The van der Waals surface area contributed by atoms with Gasteiger partial charge in [0.05, 0.1) is 5.69 Å². The summed E-state index contributed by atoms with van der Waals surface area (Å²) in [5.41, 5.74) is 7.04. The van der Waals surface area contributed by atoms with E-state index in [0.29, 0.717) is 10.9 Å². The summed E-state index contributed by atoms with van der Waals surface area (Å²) in [5.74, 6) is -0.238. The molecule has 0 unspecified atom stereocenters. The van der Waals surface area contributed by atoms with Crippen LogP contribution in [0.5, 0.6) is 0 Å². The highest BCUT2D eigenvalue weighted by Crippen LogP contribution is 2.26. The lowest BCUT2D eigenvalue weighted by atomic mass is 9.86. The van der Waals surface area contributed by atoms with Crippen LogP contribution in [0.4, 0.5) is 5.69 Å². The van der Waals surface area contributed by atoms with Crippen molar-refractivity contribution in [3.05, 3.63) is 45.4 Å². The number of anilines is 1. The van der Waals surface area contributed by atoms with Gasteiger partial charge in [0, 0.05) is 17.6 Å². The number of benzene rings is 1. The summed E-state index contributed by atoms with van der Waals surface area (Å²) < 4.78 is 4.09. The van der Waals surface area contributed by atoms with Crippen molar-refractivity contribution in [1.82, 2.24) is 15.0 Å². The smallest absolute Gasteiger partial charge is 0.273 e. The van der Waals surface area contributed by atoms with Gasteiger partial charge in [-0.1, -0.05) is 49.6 Å². The van der Waals surface area contributed by atoms with Gasteiger partial charge in [0.25, 0.3) is 11.8 Å². The van der Waals surface area contributed by atoms with E-state index >= 15 is 0 Å². The molecular formula is C19H23ClN4O2S. The Bertz CT molecular complexity index is 839. The molecule has 0 aliphatic heterocycles. The zero-order valence-electron chi connectivity index (χ0n) is 15.1. The number of nitrogens with one attached hydrogen (secondary N) is 2. The number of halogens is 1. The predicted octanol–water partition coefficient (Wildman–Crippen LogP) is 3.62. The molecule has 1 heterocycles. The van der Waals surface area contributed by atoms with Crippen LogP contribution in [0.2, 0.25) is 5.02 Å². The molecule has 2 aromatic rings. The van der Waals surface area contributed by atoms with Crippen molar-refractivity contribution in [3.63, 3.8) is 0 Å². The van der Waals surface area contributed by atoms with Crippen LogP contribution >= 0.6 is 23.1 Å². The second-order valence-corrected chi connectivity index (χ2v) is 8.07. The van der Waals surface area contributed by atoms with Gasteiger partial charge in [-0.2, -0.15) is 4.37 Å². The van der Waals surface area contributed by atoms with E-state index < -0.39 is 5.91 Å². The molecular weight excluding hydrogens is 384 g/mol. The predicted molar refractivity (Wildman–Crippen MR) is 108 cm³/mol. The Hall–Kier alpha value is -2.12. The first-order chi connectivity index (χ1) is 13.0. The lowest BCUT2D eigenvalue weighted by molar-refractivity contribution is 0.0915. The zero-order chi connectivity index (χ0) is 19.4. The minimum atomic E-state index is -0.422. The maximum Gasteiger partial charge on any atom is 0.273 e. The second-order valence-electron chi connectivity index (χ2n) is 6.89. The normalized spacial score (nSPS) is 19.5. The fraction of sp³-hybridized carbons (Fsp3) is 0.421. The minimum absolute atomic E-state index is 0.0777. The summed E-state index contributed by atoms with van der Waals surface area (Å²) in [7, 11) is 0. The van der Waals surface area contributed by atoms with Crippen LogP contribution in [0, 0.1) is 5.92 Å². The molecule has 6 nitrogen and oxygen atoms in total. The number of nitrogens with zero attached hydrogens (tertiary/aromatic N) is 1. The summed E-state index contributed by atoms with van der Waals surface area (Å²) >= 11 is 7.05. The lowest BCUT2D eigenvalue weighted by Crippen LogP contribution is -2.41. The van der Waals surface area contributed by atoms with Crippen LogP contribution in [0.3, 0.4) is 0 Å². The Balaban J connectivity index is 1.64. The van der Waals surface area contributed by atoms with E-state index in [1.165, 1.54) is 6.42 Å². The lowest BCUT2D eigenvalue weighted by Gasteiger charge is -2.29. The van der Waals surface area contributed by atoms with E-state index in [9.17, 15) is 9.59 Å². The van der Waals surface area contributed by atoms with Crippen molar-refractivity contribution < 1.29 is 9.59 Å². The Morgan fingerprint density at radius 3 is 2.74 bits per heavy atom. The average molecular weight is 407 g/mol. The topological polar surface area (TPSA) is 97.1 Å². The summed E-state index contributed by atoms with van der Waals surface area (Å²) in [6.07, 6.45) is 4.39. The van der Waals surface area contributed by atoms with Crippen molar-refractivity contribution in [3.8, 4) is 0 Å². The fourth-order valence-electron chi connectivity index (χ4n) is 3.29. The van der Waals surface area contributed by atoms with E-state index in [-0.39, 0.29) is 34.8 Å². The van der Waals surface area contributed by atoms with Crippen molar-refractivity contribution in [2.24, 2.45) is 5.92 Å². The molecule has 3 rings (SSSR count). The van der Waals surface area contributed by atoms with Gasteiger partial charge in [-0.15, -0.1) is 0 Å². The molecule has 1 aliphatic rings. The van der Waals surface area contributed by atoms with Crippen molar-refractivity contribution >= 4 is 40.6 Å². The highest BCUT2D eigenvalue weighted by atomic mass is 35.5. The molecule has 1 saturated carbocycles. The van der Waals surface area contributed by atoms with Crippen LogP contribution in [0.15, 0.2) is 24.3 Å². The summed E-state index contributed by atoms with van der Waals surface area (Å²) in [4.78, 5) is 25.3. The van der Waals surface area contributed by atoms with Crippen LogP contribution in [0.25, 0.3) is 0 Å². The summed E-state index contributed by atoms with van der Waals surface area (Å²) in [5, 5.41) is 6.37. The Morgan fingerprint density at radius 1 is 1.26 bits per heavy atom. The standard InChI is InChI=1S/C19H23ClN4O2S/c1-11-6-2-5-9-14(11)23-19(26)17-15(21)16(24-27-17)18(25)22-10-12-7-3-4-8-13(12)20/h3-4,7-8,11,14H,2,5-6,9-10,21H2,1H3,(H,22,25)(H,23,26)/t11-,14+/m1/s1. The maximum absolute atomic E-state index is 12.6. The molecule has 27 heavy (non-hydrogen) atoms. The van der Waals surface area contributed by atoms with Gasteiger partial charge < -0.3 is 16.4 Å².